The fourth-order valence-corrected chi connectivity index (χ4v) is 1.94. The van der Waals surface area contributed by atoms with E-state index in [-0.39, 0.29) is 18.1 Å². The average Bonchev–Trinajstić information content (AvgIpc) is 2.45. The molecule has 0 fully saturated rings. The molecule has 1 atom stereocenters. The third-order valence-electron chi connectivity index (χ3n) is 3.53. The van der Waals surface area contributed by atoms with Gasteiger partial charge in [0.05, 0.1) is 13.3 Å². The zero-order valence-electron chi connectivity index (χ0n) is 12.5. The van der Waals surface area contributed by atoms with Crippen molar-refractivity contribution in [2.75, 3.05) is 13.7 Å². The normalized spacial score (nSPS) is 13.6. The van der Waals surface area contributed by atoms with Gasteiger partial charge in [-0.25, -0.2) is 0 Å². The molecule has 112 valence electrons. The van der Waals surface area contributed by atoms with Gasteiger partial charge in [-0.2, -0.15) is 0 Å². The lowest BCUT2D eigenvalue weighted by Gasteiger charge is -2.29. The van der Waals surface area contributed by atoms with Gasteiger partial charge in [-0.15, -0.1) is 0 Å². The van der Waals surface area contributed by atoms with Crippen LogP contribution in [-0.2, 0) is 11.2 Å². The van der Waals surface area contributed by atoms with E-state index in [0.29, 0.717) is 25.0 Å². The Kier molecular flexibility index (Phi) is 6.45. The summed E-state index contributed by atoms with van der Waals surface area (Å²) in [6, 6.07) is 1.88. The van der Waals surface area contributed by atoms with E-state index < -0.39 is 0 Å². The Bertz CT molecular complexity index is 437. The largest absolute Gasteiger partial charge is 0.495 e. The lowest BCUT2D eigenvalue weighted by atomic mass is 9.94. The summed E-state index contributed by atoms with van der Waals surface area (Å²) in [5.41, 5.74) is 0.637. The van der Waals surface area contributed by atoms with E-state index in [1.807, 2.05) is 19.9 Å². The van der Waals surface area contributed by atoms with Crippen LogP contribution >= 0.6 is 0 Å². The summed E-state index contributed by atoms with van der Waals surface area (Å²) in [4.78, 5) is 16.0. The molecule has 5 nitrogen and oxygen atoms in total. The number of amides is 1. The topological polar surface area (TPSA) is 71.5 Å². The molecule has 1 aromatic heterocycles. The number of nitrogens with zero attached hydrogens (tertiary/aromatic N) is 1. The van der Waals surface area contributed by atoms with Crippen molar-refractivity contribution in [1.82, 2.24) is 10.3 Å². The predicted octanol–water partition coefficient (Wildman–Crippen LogP) is 1.69. The molecule has 0 spiro atoms. The van der Waals surface area contributed by atoms with Crippen LogP contribution in [0.4, 0.5) is 0 Å². The number of aryl methyl sites for hydroxylation is 1. The van der Waals surface area contributed by atoms with Crippen LogP contribution in [0.2, 0.25) is 0 Å². The van der Waals surface area contributed by atoms with Gasteiger partial charge in [0.2, 0.25) is 5.91 Å². The Morgan fingerprint density at radius 2 is 2.25 bits per heavy atom. The summed E-state index contributed by atoms with van der Waals surface area (Å²) in [7, 11) is 1.59. The second-order valence-electron chi connectivity index (χ2n) is 5.17. The number of aliphatic hydroxyl groups is 1. The molecular weight excluding hydrogens is 256 g/mol. The molecule has 0 aliphatic heterocycles. The third-order valence-corrected chi connectivity index (χ3v) is 3.53. The van der Waals surface area contributed by atoms with Crippen molar-refractivity contribution in [3.8, 4) is 5.75 Å². The molecule has 1 aromatic rings. The summed E-state index contributed by atoms with van der Waals surface area (Å²) in [5.74, 6) is 0.687. The van der Waals surface area contributed by atoms with Crippen molar-refractivity contribution >= 4 is 5.91 Å². The van der Waals surface area contributed by atoms with Crippen molar-refractivity contribution in [2.45, 2.75) is 45.1 Å². The lowest BCUT2D eigenvalue weighted by Crippen LogP contribution is -2.46. The number of carbonyl (C=O) groups excluding carboxylic acids is 1. The summed E-state index contributed by atoms with van der Waals surface area (Å²) < 4.78 is 5.10. The zero-order valence-corrected chi connectivity index (χ0v) is 12.5. The number of aliphatic hydroxyl groups excluding tert-OH is 1. The summed E-state index contributed by atoms with van der Waals surface area (Å²) in [6.07, 6.45) is 5.75. The first kappa shape index (κ1) is 16.4. The number of aromatic nitrogens is 1. The van der Waals surface area contributed by atoms with Crippen molar-refractivity contribution in [3.63, 3.8) is 0 Å². The number of hydrogen-bond acceptors (Lipinski definition) is 4. The third kappa shape index (κ3) is 5.17. The maximum atomic E-state index is 12.0. The highest BCUT2D eigenvalue weighted by atomic mass is 16.5. The average molecular weight is 280 g/mol. The van der Waals surface area contributed by atoms with E-state index in [9.17, 15) is 4.79 Å². The minimum atomic E-state index is -0.335. The zero-order chi connectivity index (χ0) is 15.0. The first-order valence-corrected chi connectivity index (χ1v) is 6.93. The van der Waals surface area contributed by atoms with Crippen molar-refractivity contribution in [3.05, 3.63) is 24.0 Å². The van der Waals surface area contributed by atoms with Crippen molar-refractivity contribution in [1.29, 1.82) is 0 Å². The quantitative estimate of drug-likeness (QED) is 0.760. The van der Waals surface area contributed by atoms with Crippen LogP contribution in [-0.4, -0.2) is 35.3 Å². The lowest BCUT2D eigenvalue weighted by molar-refractivity contribution is -0.123. The molecule has 0 aromatic carbocycles. The number of carbonyl (C=O) groups is 1. The number of rotatable bonds is 8. The molecule has 5 heteroatoms. The van der Waals surface area contributed by atoms with Gasteiger partial charge in [0.15, 0.2) is 0 Å². The summed E-state index contributed by atoms with van der Waals surface area (Å²) in [6.45, 7) is 4.03. The second kappa shape index (κ2) is 7.85. The molecular formula is C15H24N2O3. The molecule has 1 rings (SSSR count). The minimum absolute atomic E-state index is 0.00869. The molecule has 0 aliphatic carbocycles. The molecule has 1 amide bonds. The first-order chi connectivity index (χ1) is 9.53. The van der Waals surface area contributed by atoms with E-state index >= 15 is 0 Å². The monoisotopic (exact) mass is 280 g/mol. The first-order valence-electron chi connectivity index (χ1n) is 6.93. The summed E-state index contributed by atoms with van der Waals surface area (Å²) in [5, 5.41) is 12.0. The minimum Gasteiger partial charge on any atom is -0.495 e. The number of ether oxygens (including phenoxy) is 1. The Balaban J connectivity index is 2.50. The van der Waals surface area contributed by atoms with Gasteiger partial charge < -0.3 is 15.2 Å². The molecule has 0 saturated heterocycles. The number of hydrogen-bond donors (Lipinski definition) is 2. The van der Waals surface area contributed by atoms with Crippen LogP contribution in [0.15, 0.2) is 18.5 Å². The number of methoxy groups -OCH3 is 1. The molecule has 0 bridgehead atoms. The molecule has 2 N–H and O–H groups in total. The van der Waals surface area contributed by atoms with E-state index in [0.717, 1.165) is 12.0 Å². The van der Waals surface area contributed by atoms with E-state index in [1.165, 1.54) is 0 Å². The van der Waals surface area contributed by atoms with Gasteiger partial charge in [-0.05, 0) is 37.8 Å². The highest BCUT2D eigenvalue weighted by Crippen LogP contribution is 2.15. The highest BCUT2D eigenvalue weighted by Gasteiger charge is 2.23. The maximum absolute atomic E-state index is 12.0. The molecule has 0 radical (unpaired) electrons. The smallest absolute Gasteiger partial charge is 0.220 e. The van der Waals surface area contributed by atoms with Crippen LogP contribution in [0.1, 0.15) is 38.7 Å². The Labute approximate surface area is 120 Å². The van der Waals surface area contributed by atoms with Crippen LogP contribution in [0.3, 0.4) is 0 Å². The van der Waals surface area contributed by atoms with Crippen LogP contribution in [0.25, 0.3) is 0 Å². The second-order valence-corrected chi connectivity index (χ2v) is 5.17. The summed E-state index contributed by atoms with van der Waals surface area (Å²) >= 11 is 0. The number of nitrogens with one attached hydrogen (secondary N) is 1. The van der Waals surface area contributed by atoms with E-state index in [1.54, 1.807) is 19.5 Å². The van der Waals surface area contributed by atoms with Crippen LogP contribution in [0.5, 0.6) is 5.75 Å². The van der Waals surface area contributed by atoms with E-state index in [2.05, 4.69) is 10.3 Å². The van der Waals surface area contributed by atoms with E-state index in [4.69, 9.17) is 9.84 Å². The van der Waals surface area contributed by atoms with Gasteiger partial charge in [0, 0.05) is 24.8 Å². The van der Waals surface area contributed by atoms with Crippen LogP contribution < -0.4 is 10.1 Å². The van der Waals surface area contributed by atoms with Gasteiger partial charge in [-0.1, -0.05) is 6.92 Å². The maximum Gasteiger partial charge on any atom is 0.220 e. The fraction of sp³-hybridized carbons (Fsp3) is 0.600. The van der Waals surface area contributed by atoms with Gasteiger partial charge in [0.1, 0.15) is 5.75 Å². The molecule has 1 heterocycles. The standard InChI is InChI=1S/C15H24N2O3/c1-4-15(2,7-8-18)17-14(19)6-5-12-9-13(20-3)11-16-10-12/h9-11,18H,4-8H2,1-3H3,(H,17,19). The SMILES string of the molecule is CCC(C)(CCO)NC(=O)CCc1cncc(OC)c1. The molecule has 0 aliphatic rings. The van der Waals surface area contributed by atoms with Crippen molar-refractivity contribution < 1.29 is 14.6 Å². The number of pyridine rings is 1. The highest BCUT2D eigenvalue weighted by molar-refractivity contribution is 5.77. The Morgan fingerprint density at radius 1 is 1.50 bits per heavy atom. The molecule has 20 heavy (non-hydrogen) atoms. The molecule has 1 unspecified atom stereocenters. The van der Waals surface area contributed by atoms with Crippen molar-refractivity contribution in [2.24, 2.45) is 0 Å². The van der Waals surface area contributed by atoms with Gasteiger partial charge >= 0.3 is 0 Å². The Hall–Kier alpha value is -1.62. The molecule has 0 saturated carbocycles. The van der Waals surface area contributed by atoms with Gasteiger partial charge in [-0.3, -0.25) is 9.78 Å². The predicted molar refractivity (Wildman–Crippen MR) is 77.7 cm³/mol. The Morgan fingerprint density at radius 3 is 2.85 bits per heavy atom. The van der Waals surface area contributed by atoms with Gasteiger partial charge in [0.25, 0.3) is 0 Å². The fourth-order valence-electron chi connectivity index (χ4n) is 1.94. The van der Waals surface area contributed by atoms with Crippen LogP contribution in [0, 0.1) is 0 Å².